The Morgan fingerprint density at radius 3 is 2.77 bits per heavy atom. The molecule has 1 aromatic carbocycles. The Morgan fingerprint density at radius 1 is 1.15 bits per heavy atom. The fraction of sp³-hybridized carbons (Fsp3) is 0.400. The van der Waals surface area contributed by atoms with Crippen LogP contribution in [0.3, 0.4) is 0 Å². The number of likely N-dealkylation sites (tertiary alicyclic amines) is 1. The van der Waals surface area contributed by atoms with Gasteiger partial charge in [-0.15, -0.1) is 0 Å². The molecule has 1 fully saturated rings. The van der Waals surface area contributed by atoms with E-state index < -0.39 is 0 Å². The molecule has 0 spiro atoms. The third kappa shape index (κ3) is 3.24. The van der Waals surface area contributed by atoms with E-state index in [0.29, 0.717) is 0 Å². The summed E-state index contributed by atoms with van der Waals surface area (Å²) in [4.78, 5) is 18.1. The molecule has 0 atom stereocenters. The fourth-order valence-electron chi connectivity index (χ4n) is 3.62. The molecule has 0 unspecified atom stereocenters. The van der Waals surface area contributed by atoms with Crippen molar-refractivity contribution in [3.05, 3.63) is 58.9 Å². The maximum Gasteiger partial charge on any atom is 0.268 e. The lowest BCUT2D eigenvalue weighted by molar-refractivity contribution is 0.0965. The Hall–Kier alpha value is -2.60. The summed E-state index contributed by atoms with van der Waals surface area (Å²) in [6.07, 6.45) is 7.40. The van der Waals surface area contributed by atoms with Gasteiger partial charge in [-0.25, -0.2) is 0 Å². The van der Waals surface area contributed by atoms with Gasteiger partial charge in [0.05, 0.1) is 17.4 Å². The summed E-state index contributed by atoms with van der Waals surface area (Å²) in [5, 5.41) is 1.17. The van der Waals surface area contributed by atoms with Crippen LogP contribution < -0.4 is 10.3 Å². The van der Waals surface area contributed by atoms with Gasteiger partial charge in [-0.3, -0.25) is 14.7 Å². The van der Waals surface area contributed by atoms with Gasteiger partial charge in [-0.05, 0) is 31.0 Å². The number of hydrogen-bond acceptors (Lipinski definition) is 4. The van der Waals surface area contributed by atoms with Crippen molar-refractivity contribution >= 4 is 10.9 Å². The largest absolute Gasteiger partial charge is 0.490 e. The lowest BCUT2D eigenvalue weighted by Gasteiger charge is -2.32. The molecule has 1 aliphatic rings. The van der Waals surface area contributed by atoms with Gasteiger partial charge in [-0.2, -0.15) is 0 Å². The van der Waals surface area contributed by atoms with Crippen LogP contribution >= 0.6 is 0 Å². The number of aryl methyl sites for hydroxylation is 1. The summed E-state index contributed by atoms with van der Waals surface area (Å²) in [6.45, 7) is 2.66. The van der Waals surface area contributed by atoms with Crippen molar-refractivity contribution in [1.29, 1.82) is 0 Å². The molecular formula is C20H24N4O2. The highest BCUT2D eigenvalue weighted by Crippen LogP contribution is 2.28. The Morgan fingerprint density at radius 2 is 1.96 bits per heavy atom. The minimum atomic E-state index is -0.0586. The molecule has 3 heterocycles. The number of ether oxygens (including phenoxy) is 1. The Labute approximate surface area is 152 Å². The summed E-state index contributed by atoms with van der Waals surface area (Å²) in [6, 6.07) is 8.33. The second-order valence-electron chi connectivity index (χ2n) is 7.00. The van der Waals surface area contributed by atoms with E-state index in [-0.39, 0.29) is 11.7 Å². The lowest BCUT2D eigenvalue weighted by atomic mass is 10.1. The molecule has 0 aliphatic carbocycles. The molecule has 0 amide bonds. The van der Waals surface area contributed by atoms with Crippen LogP contribution in [-0.4, -0.2) is 38.2 Å². The number of benzene rings is 1. The Bertz CT molecular complexity index is 967. The monoisotopic (exact) mass is 352 g/mol. The minimum absolute atomic E-state index is 0.0586. The highest BCUT2D eigenvalue weighted by molar-refractivity contribution is 5.86. The average Bonchev–Trinajstić information content (AvgIpc) is 3.03. The lowest BCUT2D eigenvalue weighted by Crippen LogP contribution is -2.39. The molecule has 0 radical (unpaired) electrons. The van der Waals surface area contributed by atoms with E-state index in [9.17, 15) is 4.79 Å². The molecule has 6 heteroatoms. The van der Waals surface area contributed by atoms with Crippen LogP contribution in [0.4, 0.5) is 0 Å². The zero-order valence-electron chi connectivity index (χ0n) is 15.3. The Kier molecular flexibility index (Phi) is 4.51. The van der Waals surface area contributed by atoms with Crippen LogP contribution in [0.2, 0.25) is 0 Å². The Balaban J connectivity index is 1.39. The van der Waals surface area contributed by atoms with Gasteiger partial charge in [0, 0.05) is 51.5 Å². The van der Waals surface area contributed by atoms with E-state index in [2.05, 4.69) is 52.0 Å². The van der Waals surface area contributed by atoms with E-state index in [1.165, 1.54) is 17.1 Å². The van der Waals surface area contributed by atoms with Crippen LogP contribution in [0, 0.1) is 0 Å². The molecule has 6 nitrogen and oxygen atoms in total. The summed E-state index contributed by atoms with van der Waals surface area (Å²) in [5.41, 5.74) is 2.08. The van der Waals surface area contributed by atoms with Crippen LogP contribution in [-0.2, 0) is 20.6 Å². The molecule has 26 heavy (non-hydrogen) atoms. The first-order valence-corrected chi connectivity index (χ1v) is 9.05. The van der Waals surface area contributed by atoms with Crippen molar-refractivity contribution in [2.24, 2.45) is 14.1 Å². The number of aromatic nitrogens is 3. The van der Waals surface area contributed by atoms with Gasteiger partial charge >= 0.3 is 0 Å². The normalized spacial score (nSPS) is 16.2. The van der Waals surface area contributed by atoms with E-state index >= 15 is 0 Å². The maximum atomic E-state index is 11.7. The van der Waals surface area contributed by atoms with Gasteiger partial charge in [-0.1, -0.05) is 6.07 Å². The van der Waals surface area contributed by atoms with Crippen molar-refractivity contribution < 1.29 is 4.74 Å². The van der Waals surface area contributed by atoms with Crippen molar-refractivity contribution in [2.45, 2.75) is 25.5 Å². The molecule has 0 bridgehead atoms. The van der Waals surface area contributed by atoms with Crippen molar-refractivity contribution in [1.82, 2.24) is 19.0 Å². The zero-order chi connectivity index (χ0) is 18.1. The molecule has 2 aromatic heterocycles. The number of fused-ring (bicyclic) bond motifs is 1. The topological polar surface area (TPSA) is 52.3 Å². The second-order valence-corrected chi connectivity index (χ2v) is 7.00. The predicted octanol–water partition coefficient (Wildman–Crippen LogP) is 2.32. The quantitative estimate of drug-likeness (QED) is 0.723. The number of piperidine rings is 1. The first kappa shape index (κ1) is 16.8. The van der Waals surface area contributed by atoms with E-state index in [0.717, 1.165) is 43.9 Å². The highest BCUT2D eigenvalue weighted by Gasteiger charge is 2.22. The molecular weight excluding hydrogens is 328 g/mol. The smallest absolute Gasteiger partial charge is 0.268 e. The van der Waals surface area contributed by atoms with Gasteiger partial charge < -0.3 is 13.9 Å². The molecule has 1 aliphatic heterocycles. The summed E-state index contributed by atoms with van der Waals surface area (Å²) in [7, 11) is 3.85. The molecule has 0 saturated carbocycles. The average molecular weight is 352 g/mol. The highest BCUT2D eigenvalue weighted by atomic mass is 16.5. The standard InChI is InChI=1S/C20H24N4O2/c1-22-9-8-17-18(22)4-3-5-19(17)26-16-6-10-24(11-7-16)14-15-12-21-13-20(25)23(15)2/h3-5,8-9,12-13,16H,6-7,10-11,14H2,1-2H3. The maximum absolute atomic E-state index is 11.7. The van der Waals surface area contributed by atoms with E-state index in [1.54, 1.807) is 17.8 Å². The number of rotatable bonds is 4. The van der Waals surface area contributed by atoms with Crippen molar-refractivity contribution in [2.75, 3.05) is 13.1 Å². The van der Waals surface area contributed by atoms with E-state index in [4.69, 9.17) is 4.74 Å². The third-order valence-corrected chi connectivity index (χ3v) is 5.27. The summed E-state index contributed by atoms with van der Waals surface area (Å²) in [5.74, 6) is 0.969. The predicted molar refractivity (Wildman–Crippen MR) is 101 cm³/mol. The molecule has 1 saturated heterocycles. The van der Waals surface area contributed by atoms with E-state index in [1.807, 2.05) is 0 Å². The fourth-order valence-corrected chi connectivity index (χ4v) is 3.62. The SMILES string of the molecule is Cn1c(CN2CCC(Oc3cccc4c3ccn4C)CC2)cncc1=O. The first-order chi connectivity index (χ1) is 12.6. The summed E-state index contributed by atoms with van der Waals surface area (Å²) >= 11 is 0. The zero-order valence-corrected chi connectivity index (χ0v) is 15.3. The minimum Gasteiger partial charge on any atom is -0.490 e. The molecule has 136 valence electrons. The summed E-state index contributed by atoms with van der Waals surface area (Å²) < 4.78 is 10.1. The van der Waals surface area contributed by atoms with Crippen LogP contribution in [0.25, 0.3) is 10.9 Å². The van der Waals surface area contributed by atoms with Crippen LogP contribution in [0.15, 0.2) is 47.7 Å². The van der Waals surface area contributed by atoms with Gasteiger partial charge in [0.1, 0.15) is 11.9 Å². The van der Waals surface area contributed by atoms with Gasteiger partial charge in [0.25, 0.3) is 5.56 Å². The van der Waals surface area contributed by atoms with Gasteiger partial charge in [0.2, 0.25) is 0 Å². The second kappa shape index (κ2) is 6.96. The molecule has 4 rings (SSSR count). The molecule has 0 N–H and O–H groups in total. The van der Waals surface area contributed by atoms with Crippen molar-refractivity contribution in [3.63, 3.8) is 0 Å². The van der Waals surface area contributed by atoms with Gasteiger partial charge in [0.15, 0.2) is 0 Å². The number of nitrogens with zero attached hydrogens (tertiary/aromatic N) is 4. The van der Waals surface area contributed by atoms with Crippen molar-refractivity contribution in [3.8, 4) is 5.75 Å². The van der Waals surface area contributed by atoms with Crippen LogP contribution in [0.1, 0.15) is 18.5 Å². The molecule has 3 aromatic rings. The third-order valence-electron chi connectivity index (χ3n) is 5.27. The van der Waals surface area contributed by atoms with Crippen LogP contribution in [0.5, 0.6) is 5.75 Å². The number of hydrogen-bond donors (Lipinski definition) is 0. The first-order valence-electron chi connectivity index (χ1n) is 9.05.